The molecule has 0 aliphatic heterocycles. The van der Waals surface area contributed by atoms with Crippen molar-refractivity contribution in [3.05, 3.63) is 41.0 Å². The average Bonchev–Trinajstić information content (AvgIpc) is 2.42. The van der Waals surface area contributed by atoms with Gasteiger partial charge in [-0.2, -0.15) is 0 Å². The van der Waals surface area contributed by atoms with Crippen molar-refractivity contribution in [3.63, 3.8) is 0 Å². The second-order valence-corrected chi connectivity index (χ2v) is 6.69. The fourth-order valence-electron chi connectivity index (χ4n) is 1.86. The van der Waals surface area contributed by atoms with Crippen LogP contribution in [0.4, 0.5) is 0 Å². The number of methoxy groups -OCH3 is 1. The van der Waals surface area contributed by atoms with Crippen LogP contribution in [0.15, 0.2) is 29.8 Å². The van der Waals surface area contributed by atoms with Crippen molar-refractivity contribution < 1.29 is 23.9 Å². The highest BCUT2D eigenvalue weighted by atomic mass is 31.2. The highest BCUT2D eigenvalue weighted by molar-refractivity contribution is 7.51. The summed E-state index contributed by atoms with van der Waals surface area (Å²) < 4.78 is 15.5. The molecule has 0 fully saturated rings. The number of unbranched alkanes of at least 4 members (excludes halogenated alkanes) is 1. The molecular formula is C15H21O5P. The lowest BCUT2D eigenvalue weighted by Gasteiger charge is -2.07. The molecule has 5 nitrogen and oxygen atoms in total. The summed E-state index contributed by atoms with van der Waals surface area (Å²) in [5, 5.41) is 0. The van der Waals surface area contributed by atoms with E-state index in [0.29, 0.717) is 24.8 Å². The van der Waals surface area contributed by atoms with Gasteiger partial charge in [0.05, 0.1) is 7.11 Å². The molecule has 2 N–H and O–H groups in total. The molecule has 0 saturated carbocycles. The van der Waals surface area contributed by atoms with Crippen molar-refractivity contribution in [1.29, 1.82) is 0 Å². The van der Waals surface area contributed by atoms with E-state index in [-0.39, 0.29) is 6.16 Å². The zero-order valence-corrected chi connectivity index (χ0v) is 13.2. The van der Waals surface area contributed by atoms with Crippen molar-refractivity contribution in [2.75, 3.05) is 13.3 Å². The Morgan fingerprint density at radius 3 is 2.38 bits per heavy atom. The van der Waals surface area contributed by atoms with Crippen LogP contribution in [0.5, 0.6) is 0 Å². The van der Waals surface area contributed by atoms with Gasteiger partial charge in [0.1, 0.15) is 0 Å². The van der Waals surface area contributed by atoms with E-state index in [4.69, 9.17) is 14.5 Å². The summed E-state index contributed by atoms with van der Waals surface area (Å²) in [6.07, 6.45) is 2.92. The lowest BCUT2D eigenvalue weighted by Crippen LogP contribution is -2.05. The van der Waals surface area contributed by atoms with Gasteiger partial charge in [-0.1, -0.05) is 29.8 Å². The Labute approximate surface area is 124 Å². The molecule has 1 rings (SSSR count). The van der Waals surface area contributed by atoms with Crippen LogP contribution in [0, 0.1) is 6.92 Å². The van der Waals surface area contributed by atoms with Gasteiger partial charge in [-0.05, 0) is 37.8 Å². The van der Waals surface area contributed by atoms with E-state index < -0.39 is 13.6 Å². The molecule has 0 unspecified atom stereocenters. The predicted octanol–water partition coefficient (Wildman–Crippen LogP) is 2.90. The number of carbonyl (C=O) groups excluding carboxylic acids is 1. The number of benzene rings is 1. The fraction of sp³-hybridized carbons (Fsp3) is 0.400. The number of hydrogen-bond acceptors (Lipinski definition) is 3. The smallest absolute Gasteiger partial charge is 0.333 e. The Bertz CT molecular complexity index is 542. The summed E-state index contributed by atoms with van der Waals surface area (Å²) in [6.45, 7) is 1.98. The molecule has 0 spiro atoms. The van der Waals surface area contributed by atoms with E-state index in [2.05, 4.69) is 0 Å². The van der Waals surface area contributed by atoms with E-state index in [1.807, 2.05) is 31.2 Å². The first kappa shape index (κ1) is 17.6. The third kappa shape index (κ3) is 7.23. The lowest BCUT2D eigenvalue weighted by atomic mass is 10.0. The first-order valence-corrected chi connectivity index (χ1v) is 8.52. The molecule has 6 heteroatoms. The molecule has 0 bridgehead atoms. The largest absolute Gasteiger partial charge is 0.466 e. The SMILES string of the molecule is COC(=O)/C(=C/c1ccc(C)cc1)CCCCP(=O)(O)O. The molecule has 1 aromatic rings. The molecule has 0 heterocycles. The monoisotopic (exact) mass is 312 g/mol. The third-order valence-corrected chi connectivity index (χ3v) is 3.91. The first-order valence-electron chi connectivity index (χ1n) is 6.72. The average molecular weight is 312 g/mol. The highest BCUT2D eigenvalue weighted by Crippen LogP contribution is 2.35. The van der Waals surface area contributed by atoms with Crippen molar-refractivity contribution in [2.45, 2.75) is 26.2 Å². The summed E-state index contributed by atoms with van der Waals surface area (Å²) in [7, 11) is -2.64. The molecule has 1 aromatic carbocycles. The lowest BCUT2D eigenvalue weighted by molar-refractivity contribution is -0.136. The van der Waals surface area contributed by atoms with Gasteiger partial charge in [0.25, 0.3) is 0 Å². The van der Waals surface area contributed by atoms with Gasteiger partial charge in [0, 0.05) is 11.7 Å². The molecule has 0 amide bonds. The maximum atomic E-state index is 11.7. The molecular weight excluding hydrogens is 291 g/mol. The van der Waals surface area contributed by atoms with Crippen LogP contribution in [-0.4, -0.2) is 29.0 Å². The van der Waals surface area contributed by atoms with E-state index in [1.54, 1.807) is 6.08 Å². The molecule has 21 heavy (non-hydrogen) atoms. The molecule has 0 aliphatic rings. The van der Waals surface area contributed by atoms with E-state index in [9.17, 15) is 9.36 Å². The molecule has 0 atom stereocenters. The zero-order valence-electron chi connectivity index (χ0n) is 12.3. The minimum Gasteiger partial charge on any atom is -0.466 e. The van der Waals surface area contributed by atoms with Crippen LogP contribution >= 0.6 is 7.60 Å². The summed E-state index contributed by atoms with van der Waals surface area (Å²) >= 11 is 0. The Morgan fingerprint density at radius 2 is 1.86 bits per heavy atom. The van der Waals surface area contributed by atoms with Crippen LogP contribution in [-0.2, 0) is 14.1 Å². The Morgan fingerprint density at radius 1 is 1.24 bits per heavy atom. The quantitative estimate of drug-likeness (QED) is 0.350. The molecule has 0 saturated heterocycles. The summed E-state index contributed by atoms with van der Waals surface area (Å²) in [4.78, 5) is 29.3. The number of aryl methyl sites for hydroxylation is 1. The maximum Gasteiger partial charge on any atom is 0.333 e. The number of esters is 1. The minimum atomic E-state index is -3.96. The number of rotatable bonds is 7. The normalized spacial score (nSPS) is 12.3. The van der Waals surface area contributed by atoms with Crippen LogP contribution in [0.25, 0.3) is 6.08 Å². The minimum absolute atomic E-state index is 0.161. The second-order valence-electron chi connectivity index (χ2n) is 4.92. The maximum absolute atomic E-state index is 11.7. The molecule has 0 radical (unpaired) electrons. The van der Waals surface area contributed by atoms with Gasteiger partial charge in [0.15, 0.2) is 0 Å². The first-order chi connectivity index (χ1) is 9.81. The van der Waals surface area contributed by atoms with Gasteiger partial charge in [-0.15, -0.1) is 0 Å². The Balaban J connectivity index is 2.70. The summed E-state index contributed by atoms with van der Waals surface area (Å²) in [6, 6.07) is 7.73. The topological polar surface area (TPSA) is 83.8 Å². The van der Waals surface area contributed by atoms with Crippen molar-refractivity contribution >= 4 is 19.6 Å². The summed E-state index contributed by atoms with van der Waals surface area (Å²) in [5.41, 5.74) is 2.54. The summed E-state index contributed by atoms with van der Waals surface area (Å²) in [5.74, 6) is -0.410. The molecule has 0 aliphatic carbocycles. The van der Waals surface area contributed by atoms with Gasteiger partial charge in [0.2, 0.25) is 0 Å². The number of ether oxygens (including phenoxy) is 1. The van der Waals surface area contributed by atoms with Gasteiger partial charge in [-0.3, -0.25) is 4.57 Å². The number of hydrogen-bond donors (Lipinski definition) is 2. The van der Waals surface area contributed by atoms with Gasteiger partial charge >= 0.3 is 13.6 Å². The van der Waals surface area contributed by atoms with Crippen LogP contribution < -0.4 is 0 Å². The Kier molecular flexibility index (Phi) is 6.82. The van der Waals surface area contributed by atoms with Crippen LogP contribution in [0.1, 0.15) is 30.4 Å². The zero-order chi connectivity index (χ0) is 15.9. The van der Waals surface area contributed by atoms with Crippen LogP contribution in [0.3, 0.4) is 0 Å². The van der Waals surface area contributed by atoms with Crippen molar-refractivity contribution in [1.82, 2.24) is 0 Å². The highest BCUT2D eigenvalue weighted by Gasteiger charge is 2.14. The Hall–Kier alpha value is -1.42. The van der Waals surface area contributed by atoms with Crippen LogP contribution in [0.2, 0.25) is 0 Å². The van der Waals surface area contributed by atoms with Gasteiger partial charge < -0.3 is 14.5 Å². The fourth-order valence-corrected chi connectivity index (χ4v) is 2.50. The predicted molar refractivity (Wildman–Crippen MR) is 81.9 cm³/mol. The standard InChI is InChI=1S/C15H21O5P/c1-12-6-8-13(9-7-12)11-14(15(16)20-2)5-3-4-10-21(17,18)19/h6-9,11H,3-5,10H2,1-2H3,(H2,17,18,19)/b14-11+. The van der Waals surface area contributed by atoms with E-state index >= 15 is 0 Å². The molecule has 116 valence electrons. The number of carbonyl (C=O) groups is 1. The second kappa shape index (κ2) is 8.13. The molecule has 0 aromatic heterocycles. The van der Waals surface area contributed by atoms with E-state index in [1.165, 1.54) is 7.11 Å². The van der Waals surface area contributed by atoms with E-state index in [0.717, 1.165) is 11.1 Å². The van der Waals surface area contributed by atoms with Gasteiger partial charge in [-0.25, -0.2) is 4.79 Å². The third-order valence-electron chi connectivity index (χ3n) is 3.01. The van der Waals surface area contributed by atoms with Crippen molar-refractivity contribution in [2.24, 2.45) is 0 Å². The van der Waals surface area contributed by atoms with Crippen molar-refractivity contribution in [3.8, 4) is 0 Å².